The number of amides is 2. The number of H-pyrrole nitrogens is 1. The molecule has 0 saturated carbocycles. The predicted molar refractivity (Wildman–Crippen MR) is 91.7 cm³/mol. The Morgan fingerprint density at radius 1 is 1.50 bits per heavy atom. The first-order chi connectivity index (χ1) is 11.5. The molecule has 0 radical (unpaired) electrons. The summed E-state index contributed by atoms with van der Waals surface area (Å²) in [6.45, 7) is 4.73. The van der Waals surface area contributed by atoms with Crippen LogP contribution >= 0.6 is 11.3 Å². The lowest BCUT2D eigenvalue weighted by Crippen LogP contribution is -2.32. The van der Waals surface area contributed by atoms with Crippen LogP contribution in [0.1, 0.15) is 30.8 Å². The van der Waals surface area contributed by atoms with E-state index in [4.69, 9.17) is 10.5 Å². The lowest BCUT2D eigenvalue weighted by atomic mass is 9.92. The number of rotatable bonds is 5. The second-order valence-electron chi connectivity index (χ2n) is 6.17. The molecule has 3 heterocycles. The van der Waals surface area contributed by atoms with E-state index in [0.717, 1.165) is 12.0 Å². The molecule has 0 aromatic carbocycles. The standard InChI is InChI=1S/C16H20N4O3S/c1-8(2)13-10(3-4-23-13)15(22)20-16-19-12(7-24-16)9-5-11(14(17)21)18-6-9/h5-8,10,13,18H,3-4H2,1-2H3,(H2,17,21)(H,19,20,22)/t10-,13+/m0/s1. The number of carbonyl (C=O) groups excluding carboxylic acids is 2. The third-order valence-corrected chi connectivity index (χ3v) is 4.87. The maximum atomic E-state index is 12.5. The molecule has 2 aromatic heterocycles. The normalized spacial score (nSPS) is 20.5. The minimum atomic E-state index is -0.522. The summed E-state index contributed by atoms with van der Waals surface area (Å²) in [4.78, 5) is 30.8. The first-order valence-electron chi connectivity index (χ1n) is 7.82. The van der Waals surface area contributed by atoms with Crippen LogP contribution in [0, 0.1) is 11.8 Å². The fourth-order valence-corrected chi connectivity index (χ4v) is 3.62. The molecular formula is C16H20N4O3S. The Bertz CT molecular complexity index is 752. The molecule has 128 valence electrons. The number of hydrogen-bond donors (Lipinski definition) is 3. The van der Waals surface area contributed by atoms with Crippen molar-refractivity contribution >= 4 is 28.3 Å². The molecule has 8 heteroatoms. The lowest BCUT2D eigenvalue weighted by molar-refractivity contribution is -0.122. The number of carbonyl (C=O) groups is 2. The van der Waals surface area contributed by atoms with Crippen LogP contribution in [0.15, 0.2) is 17.6 Å². The molecule has 4 N–H and O–H groups in total. The van der Waals surface area contributed by atoms with Gasteiger partial charge in [0.05, 0.1) is 17.7 Å². The Hall–Kier alpha value is -2.19. The summed E-state index contributed by atoms with van der Waals surface area (Å²) in [5.41, 5.74) is 6.99. The zero-order valence-corrected chi connectivity index (χ0v) is 14.4. The Morgan fingerprint density at radius 3 is 2.96 bits per heavy atom. The minimum Gasteiger partial charge on any atom is -0.377 e. The number of anilines is 1. The maximum Gasteiger partial charge on any atom is 0.265 e. The molecule has 7 nitrogen and oxygen atoms in total. The number of hydrogen-bond acceptors (Lipinski definition) is 5. The maximum absolute atomic E-state index is 12.5. The Labute approximate surface area is 143 Å². The van der Waals surface area contributed by atoms with Crippen molar-refractivity contribution in [2.24, 2.45) is 17.6 Å². The monoisotopic (exact) mass is 348 g/mol. The molecule has 1 aliphatic heterocycles. The summed E-state index contributed by atoms with van der Waals surface area (Å²) < 4.78 is 5.66. The molecule has 24 heavy (non-hydrogen) atoms. The molecule has 0 aliphatic carbocycles. The average Bonchev–Trinajstić information content (AvgIpc) is 3.26. The van der Waals surface area contributed by atoms with Crippen LogP contribution in [0.5, 0.6) is 0 Å². The van der Waals surface area contributed by atoms with Crippen molar-refractivity contribution < 1.29 is 14.3 Å². The van der Waals surface area contributed by atoms with Gasteiger partial charge in [0.1, 0.15) is 5.69 Å². The van der Waals surface area contributed by atoms with Gasteiger partial charge in [0.15, 0.2) is 5.13 Å². The molecular weight excluding hydrogens is 328 g/mol. The fourth-order valence-electron chi connectivity index (χ4n) is 2.90. The number of aromatic nitrogens is 2. The molecule has 0 spiro atoms. The first-order valence-corrected chi connectivity index (χ1v) is 8.70. The summed E-state index contributed by atoms with van der Waals surface area (Å²) >= 11 is 1.34. The smallest absolute Gasteiger partial charge is 0.265 e. The Balaban J connectivity index is 1.69. The zero-order chi connectivity index (χ0) is 17.3. The van der Waals surface area contributed by atoms with Gasteiger partial charge in [-0.25, -0.2) is 4.98 Å². The predicted octanol–water partition coefficient (Wildman–Crippen LogP) is 2.24. The summed E-state index contributed by atoms with van der Waals surface area (Å²) in [5, 5.41) is 5.24. The second kappa shape index (κ2) is 6.74. The van der Waals surface area contributed by atoms with Crippen molar-refractivity contribution in [2.45, 2.75) is 26.4 Å². The van der Waals surface area contributed by atoms with Crippen molar-refractivity contribution in [2.75, 3.05) is 11.9 Å². The minimum absolute atomic E-state index is 0.0489. The van der Waals surface area contributed by atoms with E-state index < -0.39 is 5.91 Å². The van der Waals surface area contributed by atoms with Crippen molar-refractivity contribution in [3.05, 3.63) is 23.3 Å². The summed E-state index contributed by atoms with van der Waals surface area (Å²) in [6.07, 6.45) is 2.35. The highest BCUT2D eigenvalue weighted by molar-refractivity contribution is 7.14. The van der Waals surface area contributed by atoms with E-state index in [9.17, 15) is 9.59 Å². The topological polar surface area (TPSA) is 110 Å². The van der Waals surface area contributed by atoms with Crippen molar-refractivity contribution in [1.29, 1.82) is 0 Å². The van der Waals surface area contributed by atoms with E-state index in [0.29, 0.717) is 29.0 Å². The number of nitrogens with two attached hydrogens (primary N) is 1. The van der Waals surface area contributed by atoms with Crippen LogP contribution in [-0.4, -0.2) is 34.5 Å². The van der Waals surface area contributed by atoms with E-state index in [2.05, 4.69) is 29.1 Å². The van der Waals surface area contributed by atoms with Gasteiger partial charge in [-0.3, -0.25) is 9.59 Å². The molecule has 2 amide bonds. The van der Waals surface area contributed by atoms with Crippen LogP contribution < -0.4 is 11.1 Å². The van der Waals surface area contributed by atoms with Gasteiger partial charge < -0.3 is 20.8 Å². The third-order valence-electron chi connectivity index (χ3n) is 4.11. The van der Waals surface area contributed by atoms with E-state index in [1.807, 2.05) is 5.38 Å². The molecule has 0 unspecified atom stereocenters. The van der Waals surface area contributed by atoms with Crippen molar-refractivity contribution in [3.8, 4) is 11.3 Å². The molecule has 1 aliphatic rings. The summed E-state index contributed by atoms with van der Waals surface area (Å²) in [6, 6.07) is 1.64. The fraction of sp³-hybridized carbons (Fsp3) is 0.438. The van der Waals surface area contributed by atoms with Gasteiger partial charge >= 0.3 is 0 Å². The highest BCUT2D eigenvalue weighted by atomic mass is 32.1. The Morgan fingerprint density at radius 2 is 2.29 bits per heavy atom. The van der Waals surface area contributed by atoms with Gasteiger partial charge in [-0.05, 0) is 18.4 Å². The SMILES string of the molecule is CC(C)[C@H]1OCC[C@@H]1C(=O)Nc1nc(-c2c[nH]c(C(N)=O)c2)cs1. The molecule has 0 bridgehead atoms. The highest BCUT2D eigenvalue weighted by Crippen LogP contribution is 2.30. The number of primary amides is 1. The zero-order valence-electron chi connectivity index (χ0n) is 13.5. The van der Waals surface area contributed by atoms with Crippen LogP contribution in [0.4, 0.5) is 5.13 Å². The first kappa shape index (κ1) is 16.7. The van der Waals surface area contributed by atoms with Crippen molar-refractivity contribution in [3.63, 3.8) is 0 Å². The summed E-state index contributed by atoms with van der Waals surface area (Å²) in [5.74, 6) is -0.432. The molecule has 2 aromatic rings. The summed E-state index contributed by atoms with van der Waals surface area (Å²) in [7, 11) is 0. The molecule has 1 fully saturated rings. The van der Waals surface area contributed by atoms with Gasteiger partial charge in [0.25, 0.3) is 5.91 Å². The van der Waals surface area contributed by atoms with Gasteiger partial charge in [0, 0.05) is 23.7 Å². The second-order valence-corrected chi connectivity index (χ2v) is 7.03. The number of ether oxygens (including phenoxy) is 1. The van der Waals surface area contributed by atoms with Gasteiger partial charge in [0.2, 0.25) is 5.91 Å². The van der Waals surface area contributed by atoms with E-state index >= 15 is 0 Å². The number of aromatic amines is 1. The Kier molecular flexibility index (Phi) is 4.68. The quantitative estimate of drug-likeness (QED) is 0.769. The van der Waals surface area contributed by atoms with Crippen LogP contribution in [0.25, 0.3) is 11.3 Å². The van der Waals surface area contributed by atoms with E-state index in [1.165, 1.54) is 11.3 Å². The van der Waals surface area contributed by atoms with Gasteiger partial charge in [-0.1, -0.05) is 13.8 Å². The van der Waals surface area contributed by atoms with Gasteiger partial charge in [-0.2, -0.15) is 0 Å². The number of nitrogens with one attached hydrogen (secondary N) is 2. The molecule has 2 atom stereocenters. The van der Waals surface area contributed by atoms with Crippen molar-refractivity contribution in [1.82, 2.24) is 9.97 Å². The lowest BCUT2D eigenvalue weighted by Gasteiger charge is -2.20. The number of thiazole rings is 1. The average molecular weight is 348 g/mol. The highest BCUT2D eigenvalue weighted by Gasteiger charge is 2.36. The third kappa shape index (κ3) is 3.34. The largest absolute Gasteiger partial charge is 0.377 e. The van der Waals surface area contributed by atoms with Gasteiger partial charge in [-0.15, -0.1) is 11.3 Å². The van der Waals surface area contributed by atoms with E-state index in [1.54, 1.807) is 12.3 Å². The van der Waals surface area contributed by atoms with Crippen LogP contribution in [0.3, 0.4) is 0 Å². The number of nitrogens with zero attached hydrogens (tertiary/aromatic N) is 1. The van der Waals surface area contributed by atoms with Crippen LogP contribution in [-0.2, 0) is 9.53 Å². The van der Waals surface area contributed by atoms with E-state index in [-0.39, 0.29) is 17.9 Å². The molecule has 3 rings (SSSR count). The molecule has 1 saturated heterocycles. The van der Waals surface area contributed by atoms with Crippen LogP contribution in [0.2, 0.25) is 0 Å².